The molecule has 1 aliphatic carbocycles. The molecule has 15 heavy (non-hydrogen) atoms. The third-order valence-electron chi connectivity index (χ3n) is 3.22. The molecule has 2 atom stereocenters. The molecule has 0 bridgehead atoms. The normalized spacial score (nSPS) is 29.7. The molecule has 0 saturated heterocycles. The van der Waals surface area contributed by atoms with E-state index in [0.717, 1.165) is 29.1 Å². The van der Waals surface area contributed by atoms with Gasteiger partial charge in [0.15, 0.2) is 0 Å². The minimum Gasteiger partial charge on any atom is -0.388 e. The SMILES string of the molecule is Cc1ccc(Cl)cc1N[C@H]1CC[C@]1(C)O. The lowest BCUT2D eigenvalue weighted by molar-refractivity contribution is -0.0286. The lowest BCUT2D eigenvalue weighted by Gasteiger charge is -2.43. The second kappa shape index (κ2) is 3.69. The predicted molar refractivity (Wildman–Crippen MR) is 63.5 cm³/mol. The Morgan fingerprint density at radius 1 is 1.53 bits per heavy atom. The van der Waals surface area contributed by atoms with E-state index in [0.29, 0.717) is 0 Å². The van der Waals surface area contributed by atoms with Crippen LogP contribution in [-0.2, 0) is 0 Å². The van der Waals surface area contributed by atoms with Gasteiger partial charge in [0.25, 0.3) is 0 Å². The number of halogens is 1. The van der Waals surface area contributed by atoms with Crippen LogP contribution in [0.5, 0.6) is 0 Å². The van der Waals surface area contributed by atoms with Crippen LogP contribution in [0.15, 0.2) is 18.2 Å². The summed E-state index contributed by atoms with van der Waals surface area (Å²) in [6.45, 7) is 3.90. The van der Waals surface area contributed by atoms with Crippen molar-refractivity contribution in [2.45, 2.75) is 38.3 Å². The van der Waals surface area contributed by atoms with Gasteiger partial charge in [-0.3, -0.25) is 0 Å². The lowest BCUT2D eigenvalue weighted by Crippen LogP contribution is -2.53. The van der Waals surface area contributed by atoms with Gasteiger partial charge in [0.2, 0.25) is 0 Å². The van der Waals surface area contributed by atoms with Gasteiger partial charge in [-0.2, -0.15) is 0 Å². The monoisotopic (exact) mass is 225 g/mol. The number of benzene rings is 1. The molecule has 0 radical (unpaired) electrons. The van der Waals surface area contributed by atoms with Gasteiger partial charge in [-0.05, 0) is 44.4 Å². The maximum atomic E-state index is 9.90. The van der Waals surface area contributed by atoms with E-state index in [1.165, 1.54) is 0 Å². The molecule has 3 heteroatoms. The topological polar surface area (TPSA) is 32.3 Å². The summed E-state index contributed by atoms with van der Waals surface area (Å²) in [6, 6.07) is 5.92. The highest BCUT2D eigenvalue weighted by molar-refractivity contribution is 6.30. The zero-order valence-electron chi connectivity index (χ0n) is 9.05. The molecule has 0 aliphatic heterocycles. The van der Waals surface area contributed by atoms with E-state index in [2.05, 4.69) is 5.32 Å². The minimum absolute atomic E-state index is 0.148. The number of anilines is 1. The summed E-state index contributed by atoms with van der Waals surface area (Å²) in [6.07, 6.45) is 1.88. The van der Waals surface area contributed by atoms with Crippen molar-refractivity contribution in [1.29, 1.82) is 0 Å². The Morgan fingerprint density at radius 2 is 2.27 bits per heavy atom. The van der Waals surface area contributed by atoms with Crippen molar-refractivity contribution in [3.63, 3.8) is 0 Å². The fourth-order valence-corrected chi connectivity index (χ4v) is 2.04. The van der Waals surface area contributed by atoms with E-state index in [4.69, 9.17) is 11.6 Å². The average molecular weight is 226 g/mol. The largest absolute Gasteiger partial charge is 0.388 e. The second-order valence-electron chi connectivity index (χ2n) is 4.55. The van der Waals surface area contributed by atoms with Crippen LogP contribution in [0.1, 0.15) is 25.3 Å². The summed E-state index contributed by atoms with van der Waals surface area (Å²) >= 11 is 5.93. The van der Waals surface area contributed by atoms with Crippen molar-refractivity contribution >= 4 is 17.3 Å². The smallest absolute Gasteiger partial charge is 0.0820 e. The molecule has 82 valence electrons. The molecule has 1 aliphatic rings. The predicted octanol–water partition coefficient (Wildman–Crippen LogP) is 2.97. The highest BCUT2D eigenvalue weighted by Crippen LogP contribution is 2.35. The zero-order valence-corrected chi connectivity index (χ0v) is 9.80. The first kappa shape index (κ1) is 10.8. The molecule has 0 spiro atoms. The van der Waals surface area contributed by atoms with Crippen molar-refractivity contribution in [2.75, 3.05) is 5.32 Å². The molecule has 1 fully saturated rings. The molecule has 2 rings (SSSR count). The summed E-state index contributed by atoms with van der Waals surface area (Å²) < 4.78 is 0. The maximum absolute atomic E-state index is 9.90. The number of hydrogen-bond acceptors (Lipinski definition) is 2. The number of hydrogen-bond donors (Lipinski definition) is 2. The summed E-state index contributed by atoms with van der Waals surface area (Å²) in [5, 5.41) is 14.0. The summed E-state index contributed by atoms with van der Waals surface area (Å²) in [4.78, 5) is 0. The van der Waals surface area contributed by atoms with Crippen LogP contribution in [0.25, 0.3) is 0 Å². The van der Waals surface area contributed by atoms with Crippen molar-refractivity contribution in [3.05, 3.63) is 28.8 Å². The van der Waals surface area contributed by atoms with Crippen LogP contribution in [-0.4, -0.2) is 16.7 Å². The van der Waals surface area contributed by atoms with Gasteiger partial charge in [-0.1, -0.05) is 17.7 Å². The summed E-state index contributed by atoms with van der Waals surface area (Å²) in [5.74, 6) is 0. The highest BCUT2D eigenvalue weighted by atomic mass is 35.5. The van der Waals surface area contributed by atoms with E-state index in [9.17, 15) is 5.11 Å². The van der Waals surface area contributed by atoms with Crippen LogP contribution >= 0.6 is 11.6 Å². The van der Waals surface area contributed by atoms with Crippen molar-refractivity contribution in [1.82, 2.24) is 0 Å². The Kier molecular flexibility index (Phi) is 2.65. The Bertz CT molecular complexity index is 376. The lowest BCUT2D eigenvalue weighted by atomic mass is 9.76. The van der Waals surface area contributed by atoms with Crippen LogP contribution < -0.4 is 5.32 Å². The number of nitrogens with one attached hydrogen (secondary N) is 1. The molecule has 0 heterocycles. The molecule has 0 amide bonds. The van der Waals surface area contributed by atoms with Gasteiger partial charge in [-0.15, -0.1) is 0 Å². The fourth-order valence-electron chi connectivity index (χ4n) is 1.87. The molecule has 2 nitrogen and oxygen atoms in total. The van der Waals surface area contributed by atoms with E-state index in [1.807, 2.05) is 32.0 Å². The van der Waals surface area contributed by atoms with Gasteiger partial charge >= 0.3 is 0 Å². The highest BCUT2D eigenvalue weighted by Gasteiger charge is 2.40. The number of aliphatic hydroxyl groups is 1. The van der Waals surface area contributed by atoms with E-state index < -0.39 is 5.60 Å². The van der Waals surface area contributed by atoms with Crippen molar-refractivity contribution in [2.24, 2.45) is 0 Å². The first-order chi connectivity index (χ1) is 6.99. The summed E-state index contributed by atoms with van der Waals surface area (Å²) in [5.41, 5.74) is 1.60. The molecule has 1 aromatic carbocycles. The van der Waals surface area contributed by atoms with Gasteiger partial charge in [0.1, 0.15) is 0 Å². The minimum atomic E-state index is -0.575. The van der Waals surface area contributed by atoms with E-state index >= 15 is 0 Å². The van der Waals surface area contributed by atoms with Crippen LogP contribution in [0.4, 0.5) is 5.69 Å². The Hall–Kier alpha value is -0.730. The fraction of sp³-hybridized carbons (Fsp3) is 0.500. The molecule has 1 saturated carbocycles. The van der Waals surface area contributed by atoms with Gasteiger partial charge in [0.05, 0.1) is 11.6 Å². The quantitative estimate of drug-likeness (QED) is 0.811. The van der Waals surface area contributed by atoms with Crippen LogP contribution in [0.2, 0.25) is 5.02 Å². The van der Waals surface area contributed by atoms with Crippen LogP contribution in [0, 0.1) is 6.92 Å². The number of aryl methyl sites for hydroxylation is 1. The standard InChI is InChI=1S/C12H16ClNO/c1-8-3-4-9(13)7-10(8)14-11-5-6-12(11,2)15/h3-4,7,11,14-15H,5-6H2,1-2H3/t11-,12-/m0/s1. The third kappa shape index (κ3) is 2.11. The maximum Gasteiger partial charge on any atom is 0.0820 e. The Balaban J connectivity index is 2.14. The molecular formula is C12H16ClNO. The zero-order chi connectivity index (χ0) is 11.1. The summed E-state index contributed by atoms with van der Waals surface area (Å²) in [7, 11) is 0. The number of rotatable bonds is 2. The first-order valence-corrected chi connectivity index (χ1v) is 5.62. The van der Waals surface area contributed by atoms with Crippen LogP contribution in [0.3, 0.4) is 0 Å². The average Bonchev–Trinajstić information content (AvgIpc) is 2.18. The Labute approximate surface area is 95.3 Å². The second-order valence-corrected chi connectivity index (χ2v) is 4.99. The van der Waals surface area contributed by atoms with Crippen molar-refractivity contribution < 1.29 is 5.11 Å². The van der Waals surface area contributed by atoms with E-state index in [1.54, 1.807) is 0 Å². The molecular weight excluding hydrogens is 210 g/mol. The molecule has 0 unspecified atom stereocenters. The third-order valence-corrected chi connectivity index (χ3v) is 3.45. The van der Waals surface area contributed by atoms with Crippen molar-refractivity contribution in [3.8, 4) is 0 Å². The molecule has 0 aromatic heterocycles. The van der Waals surface area contributed by atoms with Gasteiger partial charge < -0.3 is 10.4 Å². The molecule has 1 aromatic rings. The molecule has 2 N–H and O–H groups in total. The van der Waals surface area contributed by atoms with Gasteiger partial charge in [-0.25, -0.2) is 0 Å². The van der Waals surface area contributed by atoms with Gasteiger partial charge in [0, 0.05) is 10.7 Å². The Morgan fingerprint density at radius 3 is 2.80 bits per heavy atom. The van der Waals surface area contributed by atoms with E-state index in [-0.39, 0.29) is 6.04 Å². The first-order valence-electron chi connectivity index (χ1n) is 5.24.